The molecule has 1 aromatic carbocycles. The van der Waals surface area contributed by atoms with Gasteiger partial charge in [-0.1, -0.05) is 50.3 Å². The Balaban J connectivity index is 1.96. The highest BCUT2D eigenvalue weighted by molar-refractivity contribution is 6.08. The molecule has 0 unspecified atom stereocenters. The Kier molecular flexibility index (Phi) is 4.88. The summed E-state index contributed by atoms with van der Waals surface area (Å²) in [5.41, 5.74) is 0.190. The molecule has 2 N–H and O–H groups in total. The molecular formula is C19H24N2O3. The van der Waals surface area contributed by atoms with Crippen LogP contribution in [-0.2, 0) is 7.05 Å². The van der Waals surface area contributed by atoms with E-state index in [9.17, 15) is 14.7 Å². The molecule has 0 aliphatic heterocycles. The van der Waals surface area contributed by atoms with Crippen molar-refractivity contribution in [3.63, 3.8) is 0 Å². The number of amides is 1. The van der Waals surface area contributed by atoms with Crippen molar-refractivity contribution in [2.45, 2.75) is 51.0 Å². The summed E-state index contributed by atoms with van der Waals surface area (Å²) in [5, 5.41) is 13.9. The summed E-state index contributed by atoms with van der Waals surface area (Å²) in [6.45, 7) is 0. The number of carbonyl (C=O) groups is 1. The zero-order valence-electron chi connectivity index (χ0n) is 14.0. The molecular weight excluding hydrogens is 304 g/mol. The van der Waals surface area contributed by atoms with Crippen LogP contribution >= 0.6 is 0 Å². The Hall–Kier alpha value is -2.30. The Morgan fingerprint density at radius 1 is 1.12 bits per heavy atom. The van der Waals surface area contributed by atoms with E-state index in [1.807, 2.05) is 6.07 Å². The number of rotatable bonds is 2. The Bertz CT molecular complexity index is 802. The number of carbonyl (C=O) groups excluding carboxylic acids is 1. The normalized spacial score (nSPS) is 16.5. The molecule has 1 aliphatic carbocycles. The number of hydrogen-bond donors (Lipinski definition) is 2. The number of nitrogens with zero attached hydrogens (tertiary/aromatic N) is 1. The van der Waals surface area contributed by atoms with Crippen LogP contribution < -0.4 is 10.9 Å². The fourth-order valence-corrected chi connectivity index (χ4v) is 3.57. The zero-order valence-corrected chi connectivity index (χ0v) is 14.0. The summed E-state index contributed by atoms with van der Waals surface area (Å²) >= 11 is 0. The van der Waals surface area contributed by atoms with Crippen LogP contribution in [-0.4, -0.2) is 21.6 Å². The molecule has 1 aromatic heterocycles. The number of benzene rings is 1. The molecule has 2 aromatic rings. The second-order valence-corrected chi connectivity index (χ2v) is 6.62. The van der Waals surface area contributed by atoms with Crippen molar-refractivity contribution in [3.8, 4) is 5.75 Å². The van der Waals surface area contributed by atoms with E-state index in [0.29, 0.717) is 10.9 Å². The Morgan fingerprint density at radius 2 is 1.75 bits per heavy atom. The molecule has 0 radical (unpaired) electrons. The number of aromatic hydroxyl groups is 1. The third-order valence-electron chi connectivity index (χ3n) is 4.95. The first-order valence-corrected chi connectivity index (χ1v) is 8.71. The van der Waals surface area contributed by atoms with Gasteiger partial charge in [-0.2, -0.15) is 0 Å². The molecule has 1 fully saturated rings. The first kappa shape index (κ1) is 16.6. The van der Waals surface area contributed by atoms with Crippen LogP contribution in [0.3, 0.4) is 0 Å². The molecule has 1 amide bonds. The van der Waals surface area contributed by atoms with Gasteiger partial charge in [0.05, 0.1) is 11.1 Å². The lowest BCUT2D eigenvalue weighted by Gasteiger charge is -2.22. The number of nitrogens with one attached hydrogen (secondary N) is 1. The van der Waals surface area contributed by atoms with Crippen LogP contribution in [0.2, 0.25) is 0 Å². The molecule has 128 valence electrons. The maximum Gasteiger partial charge on any atom is 0.293 e. The smallest absolute Gasteiger partial charge is 0.293 e. The van der Waals surface area contributed by atoms with Gasteiger partial charge >= 0.3 is 0 Å². The average molecular weight is 328 g/mol. The van der Waals surface area contributed by atoms with Crippen molar-refractivity contribution >= 4 is 16.8 Å². The van der Waals surface area contributed by atoms with Gasteiger partial charge in [-0.15, -0.1) is 0 Å². The largest absolute Gasteiger partial charge is 0.502 e. The number of pyridine rings is 1. The minimum atomic E-state index is -0.545. The average Bonchev–Trinajstić information content (AvgIpc) is 2.55. The van der Waals surface area contributed by atoms with Gasteiger partial charge < -0.3 is 15.0 Å². The highest BCUT2D eigenvalue weighted by Gasteiger charge is 2.22. The summed E-state index contributed by atoms with van der Waals surface area (Å²) in [4.78, 5) is 25.0. The Labute approximate surface area is 141 Å². The minimum absolute atomic E-state index is 0.0933. The van der Waals surface area contributed by atoms with Gasteiger partial charge in [0.25, 0.3) is 11.5 Å². The lowest BCUT2D eigenvalue weighted by atomic mass is 9.96. The molecule has 0 saturated heterocycles. The lowest BCUT2D eigenvalue weighted by Crippen LogP contribution is -2.36. The summed E-state index contributed by atoms with van der Waals surface area (Å²) in [7, 11) is 1.60. The first-order valence-electron chi connectivity index (χ1n) is 8.71. The predicted octanol–water partition coefficient (Wildman–Crippen LogP) is 3.09. The van der Waals surface area contributed by atoms with E-state index in [1.165, 1.54) is 23.8 Å². The number of para-hydroxylation sites is 1. The van der Waals surface area contributed by atoms with Crippen LogP contribution in [0.1, 0.15) is 55.3 Å². The monoisotopic (exact) mass is 328 g/mol. The fraction of sp³-hybridized carbons (Fsp3) is 0.474. The van der Waals surface area contributed by atoms with Crippen LogP contribution in [0.15, 0.2) is 29.1 Å². The zero-order chi connectivity index (χ0) is 17.1. The number of aromatic nitrogens is 1. The molecule has 24 heavy (non-hydrogen) atoms. The van der Waals surface area contributed by atoms with Crippen LogP contribution in [0.5, 0.6) is 5.75 Å². The van der Waals surface area contributed by atoms with Gasteiger partial charge in [0.15, 0.2) is 5.75 Å². The van der Waals surface area contributed by atoms with E-state index in [2.05, 4.69) is 5.32 Å². The third kappa shape index (κ3) is 3.16. The maximum atomic E-state index is 12.8. The van der Waals surface area contributed by atoms with Gasteiger partial charge in [0.1, 0.15) is 0 Å². The number of aryl methyl sites for hydroxylation is 1. The third-order valence-corrected chi connectivity index (χ3v) is 4.95. The molecule has 5 nitrogen and oxygen atoms in total. The molecule has 0 spiro atoms. The van der Waals surface area contributed by atoms with Crippen molar-refractivity contribution in [1.82, 2.24) is 9.88 Å². The highest BCUT2D eigenvalue weighted by Crippen LogP contribution is 2.24. The van der Waals surface area contributed by atoms with E-state index in [0.717, 1.165) is 25.7 Å². The van der Waals surface area contributed by atoms with Gasteiger partial charge in [-0.25, -0.2) is 0 Å². The van der Waals surface area contributed by atoms with E-state index in [-0.39, 0.29) is 17.5 Å². The minimum Gasteiger partial charge on any atom is -0.502 e. The highest BCUT2D eigenvalue weighted by atomic mass is 16.3. The van der Waals surface area contributed by atoms with Crippen LogP contribution in [0.25, 0.3) is 10.9 Å². The van der Waals surface area contributed by atoms with Gasteiger partial charge in [-0.05, 0) is 18.9 Å². The predicted molar refractivity (Wildman–Crippen MR) is 94.4 cm³/mol. The van der Waals surface area contributed by atoms with Crippen molar-refractivity contribution in [2.75, 3.05) is 0 Å². The van der Waals surface area contributed by atoms with Gasteiger partial charge in [-0.3, -0.25) is 9.59 Å². The molecule has 1 aliphatic rings. The Morgan fingerprint density at radius 3 is 2.46 bits per heavy atom. The molecule has 1 heterocycles. The molecule has 0 bridgehead atoms. The van der Waals surface area contributed by atoms with Crippen molar-refractivity contribution in [1.29, 1.82) is 0 Å². The van der Waals surface area contributed by atoms with E-state index >= 15 is 0 Å². The first-order chi connectivity index (χ1) is 11.6. The number of fused-ring (bicyclic) bond motifs is 1. The molecule has 0 atom stereocenters. The summed E-state index contributed by atoms with van der Waals surface area (Å²) < 4.78 is 1.37. The molecule has 1 saturated carbocycles. The van der Waals surface area contributed by atoms with E-state index in [1.54, 1.807) is 25.2 Å². The summed E-state index contributed by atoms with van der Waals surface area (Å²) in [6.07, 6.45) is 7.78. The topological polar surface area (TPSA) is 71.3 Å². The van der Waals surface area contributed by atoms with Crippen molar-refractivity contribution < 1.29 is 9.90 Å². The van der Waals surface area contributed by atoms with Crippen molar-refractivity contribution in [3.05, 3.63) is 40.2 Å². The van der Waals surface area contributed by atoms with E-state index < -0.39 is 11.3 Å². The maximum absolute atomic E-state index is 12.8. The lowest BCUT2D eigenvalue weighted by molar-refractivity contribution is 0.0929. The van der Waals surface area contributed by atoms with Crippen LogP contribution in [0.4, 0.5) is 0 Å². The fourth-order valence-electron chi connectivity index (χ4n) is 3.57. The van der Waals surface area contributed by atoms with Gasteiger partial charge in [0.2, 0.25) is 0 Å². The molecule has 3 rings (SSSR count). The quantitative estimate of drug-likeness (QED) is 0.890. The summed E-state index contributed by atoms with van der Waals surface area (Å²) in [5.74, 6) is -0.827. The van der Waals surface area contributed by atoms with Crippen molar-refractivity contribution in [2.24, 2.45) is 7.05 Å². The summed E-state index contributed by atoms with van der Waals surface area (Å²) in [6, 6.07) is 7.28. The number of hydrogen-bond acceptors (Lipinski definition) is 3. The second kappa shape index (κ2) is 7.07. The molecule has 5 heteroatoms. The standard InChI is InChI=1S/C19H24N2O3/c1-21-15-12-8-7-11-14(15)16(17(22)19(21)24)18(23)20-13-9-5-3-2-4-6-10-13/h7-8,11-13,22H,2-6,9-10H2,1H3,(H,20,23). The van der Waals surface area contributed by atoms with Gasteiger partial charge in [0, 0.05) is 18.5 Å². The van der Waals surface area contributed by atoms with Crippen LogP contribution in [0, 0.1) is 0 Å². The van der Waals surface area contributed by atoms with E-state index in [4.69, 9.17) is 0 Å². The second-order valence-electron chi connectivity index (χ2n) is 6.62. The SMILES string of the molecule is Cn1c(=O)c(O)c(C(=O)NC2CCCCCCC2)c2ccccc21.